The molecule has 1 aliphatic heterocycles. The van der Waals surface area contributed by atoms with Crippen molar-refractivity contribution in [2.24, 2.45) is 5.92 Å². The maximum absolute atomic E-state index is 13.3. The van der Waals surface area contributed by atoms with E-state index in [0.717, 1.165) is 42.7 Å². The number of benzene rings is 2. The number of hydrogen-bond donors (Lipinski definition) is 1. The Balaban J connectivity index is 1.81. The first-order valence-electron chi connectivity index (χ1n) is 10.3. The molecule has 0 bridgehead atoms. The largest absolute Gasteiger partial charge is 0.493 e. The topological polar surface area (TPSA) is 63.7 Å². The van der Waals surface area contributed by atoms with Gasteiger partial charge in [0, 0.05) is 30.2 Å². The molecule has 1 N–H and O–H groups in total. The molecule has 1 saturated heterocycles. The number of pyridine rings is 1. The Morgan fingerprint density at radius 1 is 1.10 bits per heavy atom. The summed E-state index contributed by atoms with van der Waals surface area (Å²) in [5, 5.41) is 4.30. The second-order valence-corrected chi connectivity index (χ2v) is 7.77. The van der Waals surface area contributed by atoms with Gasteiger partial charge in [-0.3, -0.25) is 4.79 Å². The third-order valence-electron chi connectivity index (χ3n) is 5.53. The zero-order chi connectivity index (χ0) is 21.1. The monoisotopic (exact) mass is 405 g/mol. The number of fused-ring (bicyclic) bond motifs is 1. The number of anilines is 2. The fourth-order valence-electron chi connectivity index (χ4n) is 3.98. The number of amides is 1. The molecule has 1 atom stereocenters. The van der Waals surface area contributed by atoms with Gasteiger partial charge in [0.05, 0.1) is 25.4 Å². The first-order chi connectivity index (χ1) is 14.6. The van der Waals surface area contributed by atoms with E-state index in [0.29, 0.717) is 28.6 Å². The molecule has 1 fully saturated rings. The van der Waals surface area contributed by atoms with E-state index < -0.39 is 0 Å². The lowest BCUT2D eigenvalue weighted by atomic mass is 10.00. The van der Waals surface area contributed by atoms with Crippen LogP contribution >= 0.6 is 0 Å². The molecule has 0 aliphatic carbocycles. The Kier molecular flexibility index (Phi) is 5.74. The minimum Gasteiger partial charge on any atom is -0.493 e. The molecule has 4 rings (SSSR count). The van der Waals surface area contributed by atoms with Gasteiger partial charge in [0.2, 0.25) is 0 Å². The van der Waals surface area contributed by atoms with Crippen molar-refractivity contribution in [3.63, 3.8) is 0 Å². The summed E-state index contributed by atoms with van der Waals surface area (Å²) in [7, 11) is 3.20. The lowest BCUT2D eigenvalue weighted by molar-refractivity contribution is 0.0677. The lowest BCUT2D eigenvalue weighted by Gasteiger charge is -2.30. The minimum atomic E-state index is -0.0330. The molecule has 2 heterocycles. The first kappa shape index (κ1) is 20.0. The Morgan fingerprint density at radius 2 is 1.83 bits per heavy atom. The van der Waals surface area contributed by atoms with Crippen molar-refractivity contribution in [3.8, 4) is 11.5 Å². The Morgan fingerprint density at radius 3 is 2.53 bits per heavy atom. The predicted molar refractivity (Wildman–Crippen MR) is 119 cm³/mol. The van der Waals surface area contributed by atoms with Gasteiger partial charge in [0.1, 0.15) is 5.69 Å². The molecule has 1 aromatic heterocycles. The van der Waals surface area contributed by atoms with Crippen LogP contribution in [0.15, 0.2) is 48.5 Å². The van der Waals surface area contributed by atoms with Gasteiger partial charge in [-0.1, -0.05) is 25.1 Å². The average molecular weight is 405 g/mol. The smallest absolute Gasteiger partial charge is 0.272 e. The SMILES string of the molecule is COc1cc2nc(C(=O)N3CCC[C@H](C)C3)cc(Nc3ccccc3)c2cc1OC. The van der Waals surface area contributed by atoms with Crippen LogP contribution in [0, 0.1) is 5.92 Å². The molecule has 0 radical (unpaired) electrons. The maximum atomic E-state index is 13.3. The summed E-state index contributed by atoms with van der Waals surface area (Å²) in [6.07, 6.45) is 2.19. The molecule has 156 valence electrons. The molecule has 1 amide bonds. The van der Waals surface area contributed by atoms with Crippen molar-refractivity contribution in [2.45, 2.75) is 19.8 Å². The minimum absolute atomic E-state index is 0.0330. The predicted octanol–water partition coefficient (Wildman–Crippen LogP) is 4.87. The quantitative estimate of drug-likeness (QED) is 0.656. The van der Waals surface area contributed by atoms with Crippen molar-refractivity contribution >= 4 is 28.2 Å². The molecule has 1 aliphatic rings. The summed E-state index contributed by atoms with van der Waals surface area (Å²) in [6, 6.07) is 15.4. The number of hydrogen-bond acceptors (Lipinski definition) is 5. The molecule has 0 spiro atoms. The summed E-state index contributed by atoms with van der Waals surface area (Å²) in [5.41, 5.74) is 2.86. The highest BCUT2D eigenvalue weighted by molar-refractivity contribution is 6.01. The van der Waals surface area contributed by atoms with E-state index in [1.165, 1.54) is 0 Å². The van der Waals surface area contributed by atoms with Crippen LogP contribution < -0.4 is 14.8 Å². The Labute approximate surface area is 176 Å². The number of methoxy groups -OCH3 is 2. The van der Waals surface area contributed by atoms with E-state index in [2.05, 4.69) is 12.2 Å². The molecule has 30 heavy (non-hydrogen) atoms. The summed E-state index contributed by atoms with van der Waals surface area (Å²) in [4.78, 5) is 19.9. The Hall–Kier alpha value is -3.28. The van der Waals surface area contributed by atoms with Crippen molar-refractivity contribution in [1.29, 1.82) is 0 Å². The highest BCUT2D eigenvalue weighted by Crippen LogP contribution is 2.36. The number of ether oxygens (including phenoxy) is 2. The van der Waals surface area contributed by atoms with Crippen molar-refractivity contribution in [1.82, 2.24) is 9.88 Å². The summed E-state index contributed by atoms with van der Waals surface area (Å²) >= 11 is 0. The zero-order valence-electron chi connectivity index (χ0n) is 17.6. The number of likely N-dealkylation sites (tertiary alicyclic amines) is 1. The number of nitrogens with zero attached hydrogens (tertiary/aromatic N) is 2. The van der Waals surface area contributed by atoms with Crippen LogP contribution in [0.2, 0.25) is 0 Å². The average Bonchev–Trinajstić information content (AvgIpc) is 2.78. The summed E-state index contributed by atoms with van der Waals surface area (Å²) < 4.78 is 10.9. The van der Waals surface area contributed by atoms with Crippen molar-refractivity contribution < 1.29 is 14.3 Å². The zero-order valence-corrected chi connectivity index (χ0v) is 17.6. The Bertz CT molecular complexity index is 1050. The molecule has 0 saturated carbocycles. The van der Waals surface area contributed by atoms with E-state index in [1.807, 2.05) is 53.4 Å². The van der Waals surface area contributed by atoms with Crippen molar-refractivity contribution in [2.75, 3.05) is 32.6 Å². The van der Waals surface area contributed by atoms with E-state index in [-0.39, 0.29) is 5.91 Å². The fraction of sp³-hybridized carbons (Fsp3) is 0.333. The van der Waals surface area contributed by atoms with Crippen LogP contribution in [-0.4, -0.2) is 43.1 Å². The normalized spacial score (nSPS) is 16.4. The number of rotatable bonds is 5. The van der Waals surface area contributed by atoms with Gasteiger partial charge in [-0.2, -0.15) is 0 Å². The molecule has 6 nitrogen and oxygen atoms in total. The second kappa shape index (κ2) is 8.61. The van der Waals surface area contributed by atoms with Crippen LogP contribution in [0.3, 0.4) is 0 Å². The lowest BCUT2D eigenvalue weighted by Crippen LogP contribution is -2.39. The number of para-hydroxylation sites is 1. The van der Waals surface area contributed by atoms with Gasteiger partial charge in [-0.05, 0) is 43.0 Å². The van der Waals surface area contributed by atoms with Crippen LogP contribution in [0.25, 0.3) is 10.9 Å². The standard InChI is InChI=1S/C24H27N3O3/c1-16-8-7-11-27(15-16)24(28)21-13-19(25-17-9-5-4-6-10-17)18-12-22(29-2)23(30-3)14-20(18)26-21/h4-6,9-10,12-14,16H,7-8,11,15H2,1-3H3,(H,25,26)/t16-/m0/s1. The van der Waals surface area contributed by atoms with Gasteiger partial charge in [-0.25, -0.2) is 4.98 Å². The van der Waals surface area contributed by atoms with E-state index in [1.54, 1.807) is 14.2 Å². The molecule has 3 aromatic rings. The van der Waals surface area contributed by atoms with Gasteiger partial charge < -0.3 is 19.7 Å². The van der Waals surface area contributed by atoms with Gasteiger partial charge in [0.15, 0.2) is 11.5 Å². The van der Waals surface area contributed by atoms with Gasteiger partial charge in [0.25, 0.3) is 5.91 Å². The van der Waals surface area contributed by atoms with E-state index >= 15 is 0 Å². The summed E-state index contributed by atoms with van der Waals surface area (Å²) in [6.45, 7) is 3.73. The van der Waals surface area contributed by atoms with Crippen molar-refractivity contribution in [3.05, 3.63) is 54.2 Å². The summed E-state index contributed by atoms with van der Waals surface area (Å²) in [5.74, 6) is 1.68. The number of aromatic nitrogens is 1. The number of carbonyl (C=O) groups excluding carboxylic acids is 1. The van der Waals surface area contributed by atoms with Gasteiger partial charge >= 0.3 is 0 Å². The fourth-order valence-corrected chi connectivity index (χ4v) is 3.98. The molecular weight excluding hydrogens is 378 g/mol. The first-order valence-corrected chi connectivity index (χ1v) is 10.3. The number of piperidine rings is 1. The molecule has 2 aromatic carbocycles. The highest BCUT2D eigenvalue weighted by atomic mass is 16.5. The molecule has 0 unspecified atom stereocenters. The van der Waals surface area contributed by atoms with E-state index in [4.69, 9.17) is 14.5 Å². The van der Waals surface area contributed by atoms with Crippen LogP contribution in [0.4, 0.5) is 11.4 Å². The third kappa shape index (κ3) is 4.03. The van der Waals surface area contributed by atoms with E-state index in [9.17, 15) is 4.79 Å². The molecular formula is C24H27N3O3. The number of nitrogens with one attached hydrogen (secondary N) is 1. The van der Waals surface area contributed by atoms with Crippen LogP contribution in [0.5, 0.6) is 11.5 Å². The van der Waals surface area contributed by atoms with Crippen LogP contribution in [-0.2, 0) is 0 Å². The van der Waals surface area contributed by atoms with Crippen LogP contribution in [0.1, 0.15) is 30.3 Å². The van der Waals surface area contributed by atoms with Gasteiger partial charge in [-0.15, -0.1) is 0 Å². The highest BCUT2D eigenvalue weighted by Gasteiger charge is 2.24. The maximum Gasteiger partial charge on any atom is 0.272 e. The second-order valence-electron chi connectivity index (χ2n) is 7.77. The molecule has 6 heteroatoms. The number of carbonyl (C=O) groups is 1. The third-order valence-corrected chi connectivity index (χ3v) is 5.53.